The first kappa shape index (κ1) is 16.1. The minimum absolute atomic E-state index is 0.00558. The maximum Gasteiger partial charge on any atom is 0.146 e. The Morgan fingerprint density at radius 2 is 2.04 bits per heavy atom. The van der Waals surface area contributed by atoms with Crippen molar-refractivity contribution in [3.8, 4) is 0 Å². The molecule has 2 aliphatic rings. The van der Waals surface area contributed by atoms with Gasteiger partial charge in [0.15, 0.2) is 0 Å². The van der Waals surface area contributed by atoms with Crippen molar-refractivity contribution in [1.29, 1.82) is 0 Å². The number of hydrogen-bond acceptors (Lipinski definition) is 4. The van der Waals surface area contributed by atoms with Gasteiger partial charge >= 0.3 is 0 Å². The minimum atomic E-state index is 0.00558. The molecule has 2 fully saturated rings. The molecule has 2 aromatic rings. The van der Waals surface area contributed by atoms with Gasteiger partial charge < -0.3 is 9.30 Å². The highest BCUT2D eigenvalue weighted by Crippen LogP contribution is 2.39. The van der Waals surface area contributed by atoms with Gasteiger partial charge in [-0.15, -0.1) is 10.2 Å². The second-order valence-corrected chi connectivity index (χ2v) is 7.34. The lowest BCUT2D eigenvalue weighted by Crippen LogP contribution is -2.44. The van der Waals surface area contributed by atoms with Gasteiger partial charge in [-0.3, -0.25) is 4.90 Å². The Kier molecular flexibility index (Phi) is 4.33. The van der Waals surface area contributed by atoms with Crippen LogP contribution in [0.5, 0.6) is 0 Å². The fourth-order valence-corrected chi connectivity index (χ4v) is 3.60. The van der Waals surface area contributed by atoms with E-state index in [1.54, 1.807) is 0 Å². The van der Waals surface area contributed by atoms with E-state index in [-0.39, 0.29) is 6.10 Å². The first-order valence-corrected chi connectivity index (χ1v) is 8.99. The third kappa shape index (κ3) is 3.08. The lowest BCUT2D eigenvalue weighted by atomic mass is 10.1. The lowest BCUT2D eigenvalue weighted by Gasteiger charge is -2.38. The van der Waals surface area contributed by atoms with E-state index in [9.17, 15) is 0 Å². The van der Waals surface area contributed by atoms with Gasteiger partial charge in [0.05, 0.1) is 19.3 Å². The molecule has 2 heterocycles. The molecule has 1 saturated carbocycles. The van der Waals surface area contributed by atoms with Gasteiger partial charge in [0.2, 0.25) is 0 Å². The van der Waals surface area contributed by atoms with Crippen LogP contribution in [0.2, 0.25) is 5.02 Å². The Morgan fingerprint density at radius 1 is 1.25 bits per heavy atom. The Balaban J connectivity index is 1.50. The summed E-state index contributed by atoms with van der Waals surface area (Å²) in [6, 6.07) is 8.29. The first-order chi connectivity index (χ1) is 11.6. The fraction of sp³-hybridized carbons (Fsp3) is 0.556. The maximum atomic E-state index is 6.35. The van der Waals surface area contributed by atoms with Crippen LogP contribution in [0.3, 0.4) is 0 Å². The number of halogens is 1. The van der Waals surface area contributed by atoms with Crippen LogP contribution in [-0.2, 0) is 18.3 Å². The number of morpholine rings is 1. The molecule has 1 aromatic heterocycles. The standard InChI is InChI=1S/C18H23ClN4O/c1-12-11-24-16(14-5-3-4-6-15(14)19)9-23(12)10-17-20-21-18(22(17)2)13-7-8-13/h3-6,12-13,16H,7-11H2,1-2H3/t12-,16-/m0/s1. The van der Waals surface area contributed by atoms with Gasteiger partial charge in [-0.1, -0.05) is 29.8 Å². The summed E-state index contributed by atoms with van der Waals surface area (Å²) in [5.41, 5.74) is 1.06. The highest BCUT2D eigenvalue weighted by Gasteiger charge is 2.32. The molecule has 0 N–H and O–H groups in total. The summed E-state index contributed by atoms with van der Waals surface area (Å²) in [6.07, 6.45) is 2.49. The zero-order valence-electron chi connectivity index (χ0n) is 14.2. The molecular weight excluding hydrogens is 324 g/mol. The van der Waals surface area contributed by atoms with E-state index < -0.39 is 0 Å². The van der Waals surface area contributed by atoms with Gasteiger partial charge in [-0.2, -0.15) is 0 Å². The Morgan fingerprint density at radius 3 is 2.79 bits per heavy atom. The quantitative estimate of drug-likeness (QED) is 0.852. The number of ether oxygens (including phenoxy) is 1. The number of benzene rings is 1. The van der Waals surface area contributed by atoms with Crippen molar-refractivity contribution in [3.05, 3.63) is 46.5 Å². The number of aromatic nitrogens is 3. The van der Waals surface area contributed by atoms with Crippen LogP contribution < -0.4 is 0 Å². The highest BCUT2D eigenvalue weighted by molar-refractivity contribution is 6.31. The molecule has 0 amide bonds. The first-order valence-electron chi connectivity index (χ1n) is 8.61. The van der Waals surface area contributed by atoms with Crippen LogP contribution in [0.4, 0.5) is 0 Å². The van der Waals surface area contributed by atoms with Crippen molar-refractivity contribution in [2.75, 3.05) is 13.2 Å². The predicted molar refractivity (Wildman–Crippen MR) is 93.0 cm³/mol. The average Bonchev–Trinajstić information content (AvgIpc) is 3.35. The molecule has 1 saturated heterocycles. The molecule has 0 spiro atoms. The van der Waals surface area contributed by atoms with Gasteiger partial charge in [0.1, 0.15) is 11.6 Å². The minimum Gasteiger partial charge on any atom is -0.371 e. The van der Waals surface area contributed by atoms with Crippen LogP contribution in [-0.4, -0.2) is 38.9 Å². The largest absolute Gasteiger partial charge is 0.371 e. The summed E-state index contributed by atoms with van der Waals surface area (Å²) in [6.45, 7) is 4.50. The van der Waals surface area contributed by atoms with Gasteiger partial charge in [0.25, 0.3) is 0 Å². The van der Waals surface area contributed by atoms with Gasteiger partial charge in [0, 0.05) is 36.1 Å². The monoisotopic (exact) mass is 346 g/mol. The summed E-state index contributed by atoms with van der Waals surface area (Å²) in [7, 11) is 2.08. The molecule has 1 aromatic carbocycles. The van der Waals surface area contributed by atoms with Crippen molar-refractivity contribution in [1.82, 2.24) is 19.7 Å². The van der Waals surface area contributed by atoms with Crippen molar-refractivity contribution in [2.45, 2.75) is 44.4 Å². The zero-order chi connectivity index (χ0) is 16.7. The van der Waals surface area contributed by atoms with Crippen molar-refractivity contribution in [3.63, 3.8) is 0 Å². The van der Waals surface area contributed by atoms with E-state index in [4.69, 9.17) is 16.3 Å². The van der Waals surface area contributed by atoms with Crippen molar-refractivity contribution < 1.29 is 4.74 Å². The van der Waals surface area contributed by atoms with Crippen LogP contribution in [0.15, 0.2) is 24.3 Å². The number of rotatable bonds is 4. The van der Waals surface area contributed by atoms with Crippen LogP contribution in [0, 0.1) is 0 Å². The van der Waals surface area contributed by atoms with E-state index >= 15 is 0 Å². The zero-order valence-corrected chi connectivity index (χ0v) is 14.9. The summed E-state index contributed by atoms with van der Waals surface area (Å²) >= 11 is 6.35. The van der Waals surface area contributed by atoms with Crippen LogP contribution in [0.1, 0.15) is 49.0 Å². The van der Waals surface area contributed by atoms with E-state index in [0.717, 1.165) is 35.3 Å². The van der Waals surface area contributed by atoms with E-state index in [1.165, 1.54) is 12.8 Å². The van der Waals surface area contributed by atoms with E-state index in [1.807, 2.05) is 18.2 Å². The molecule has 0 radical (unpaired) electrons. The lowest BCUT2D eigenvalue weighted by molar-refractivity contribution is -0.0643. The molecule has 1 aliphatic heterocycles. The summed E-state index contributed by atoms with van der Waals surface area (Å²) in [4.78, 5) is 2.41. The second kappa shape index (κ2) is 6.47. The molecule has 0 unspecified atom stereocenters. The van der Waals surface area contributed by atoms with Crippen LogP contribution in [0.25, 0.3) is 0 Å². The third-order valence-electron chi connectivity index (χ3n) is 5.10. The maximum absolute atomic E-state index is 6.35. The molecule has 0 bridgehead atoms. The smallest absolute Gasteiger partial charge is 0.146 e. The third-order valence-corrected chi connectivity index (χ3v) is 5.44. The van der Waals surface area contributed by atoms with Crippen molar-refractivity contribution >= 4 is 11.6 Å². The van der Waals surface area contributed by atoms with E-state index in [0.29, 0.717) is 18.6 Å². The number of hydrogen-bond donors (Lipinski definition) is 0. The van der Waals surface area contributed by atoms with E-state index in [2.05, 4.69) is 39.7 Å². The van der Waals surface area contributed by atoms with Gasteiger partial charge in [-0.25, -0.2) is 0 Å². The number of nitrogens with zero attached hydrogens (tertiary/aromatic N) is 4. The summed E-state index contributed by atoms with van der Waals surface area (Å²) in [5, 5.41) is 9.59. The molecule has 5 nitrogen and oxygen atoms in total. The van der Waals surface area contributed by atoms with Gasteiger partial charge in [-0.05, 0) is 25.8 Å². The molecular formula is C18H23ClN4O. The normalized spacial score (nSPS) is 25.1. The summed E-state index contributed by atoms with van der Waals surface area (Å²) in [5.74, 6) is 2.78. The Labute approximate surface area is 147 Å². The Bertz CT molecular complexity index is 728. The highest BCUT2D eigenvalue weighted by atomic mass is 35.5. The molecule has 2 atom stereocenters. The predicted octanol–water partition coefficient (Wildman–Crippen LogP) is 3.31. The molecule has 6 heteroatoms. The average molecular weight is 347 g/mol. The fourth-order valence-electron chi connectivity index (χ4n) is 3.34. The Hall–Kier alpha value is -1.43. The molecule has 4 rings (SSSR count). The molecule has 24 heavy (non-hydrogen) atoms. The van der Waals surface area contributed by atoms with Crippen LogP contribution >= 0.6 is 11.6 Å². The summed E-state index contributed by atoms with van der Waals surface area (Å²) < 4.78 is 8.21. The molecule has 128 valence electrons. The topological polar surface area (TPSA) is 43.2 Å². The van der Waals surface area contributed by atoms with Crippen molar-refractivity contribution in [2.24, 2.45) is 7.05 Å². The second-order valence-electron chi connectivity index (χ2n) is 6.93. The SMILES string of the molecule is C[C@H]1CO[C@H](c2ccccc2Cl)CN1Cc1nnc(C2CC2)n1C. The molecule has 1 aliphatic carbocycles.